The van der Waals surface area contributed by atoms with Gasteiger partial charge in [0.05, 0.1) is 6.20 Å². The summed E-state index contributed by atoms with van der Waals surface area (Å²) in [5.74, 6) is 1.96. The highest BCUT2D eigenvalue weighted by molar-refractivity contribution is 5.88. The standard InChI is InChI=1S/C20H15N5O3/c1-13(26)23-15-4-8-17(9-5-15)27-16-6-2-14(3-7-16)19-24-20(28-25-19)18-12-21-10-11-22-18/h2-12H,1H3,(H,23,26). The van der Waals surface area contributed by atoms with E-state index < -0.39 is 0 Å². The van der Waals surface area contributed by atoms with E-state index in [2.05, 4.69) is 25.4 Å². The minimum absolute atomic E-state index is 0.117. The molecule has 2 heterocycles. The molecule has 138 valence electrons. The fourth-order valence-corrected chi connectivity index (χ4v) is 2.47. The molecule has 8 heteroatoms. The number of rotatable bonds is 5. The van der Waals surface area contributed by atoms with Crippen LogP contribution in [-0.4, -0.2) is 26.0 Å². The first-order valence-electron chi connectivity index (χ1n) is 8.43. The number of hydrogen-bond acceptors (Lipinski definition) is 7. The molecule has 0 spiro atoms. The van der Waals surface area contributed by atoms with Crippen molar-refractivity contribution in [2.24, 2.45) is 0 Å². The van der Waals surface area contributed by atoms with Crippen molar-refractivity contribution in [1.29, 1.82) is 0 Å². The summed E-state index contributed by atoms with van der Waals surface area (Å²) in [5.41, 5.74) is 2.02. The van der Waals surface area contributed by atoms with Crippen LogP contribution in [0.25, 0.3) is 23.0 Å². The molecule has 0 aliphatic heterocycles. The molecule has 1 N–H and O–H groups in total. The lowest BCUT2D eigenvalue weighted by atomic mass is 10.2. The number of aromatic nitrogens is 4. The summed E-state index contributed by atoms with van der Waals surface area (Å²) < 4.78 is 11.1. The molecule has 8 nitrogen and oxygen atoms in total. The Morgan fingerprint density at radius 3 is 2.36 bits per heavy atom. The number of nitrogens with zero attached hydrogens (tertiary/aromatic N) is 4. The predicted octanol–water partition coefficient (Wildman–Crippen LogP) is 3.94. The van der Waals surface area contributed by atoms with Gasteiger partial charge in [-0.3, -0.25) is 9.78 Å². The zero-order valence-electron chi connectivity index (χ0n) is 14.9. The van der Waals surface area contributed by atoms with E-state index in [1.165, 1.54) is 6.92 Å². The molecular weight excluding hydrogens is 358 g/mol. The summed E-state index contributed by atoms with van der Waals surface area (Å²) in [6.07, 6.45) is 4.70. The van der Waals surface area contributed by atoms with Gasteiger partial charge in [0.15, 0.2) is 0 Å². The topological polar surface area (TPSA) is 103 Å². The number of carbonyl (C=O) groups excluding carboxylic acids is 1. The van der Waals surface area contributed by atoms with E-state index in [0.717, 1.165) is 5.56 Å². The van der Waals surface area contributed by atoms with Gasteiger partial charge in [0.1, 0.15) is 17.2 Å². The monoisotopic (exact) mass is 373 g/mol. The minimum atomic E-state index is -0.117. The Morgan fingerprint density at radius 2 is 1.71 bits per heavy atom. The van der Waals surface area contributed by atoms with Crippen LogP contribution in [0.3, 0.4) is 0 Å². The number of carbonyl (C=O) groups is 1. The van der Waals surface area contributed by atoms with Crippen LogP contribution in [0.4, 0.5) is 5.69 Å². The third kappa shape index (κ3) is 4.01. The van der Waals surface area contributed by atoms with Crippen LogP contribution in [0, 0.1) is 0 Å². The third-order valence-corrected chi connectivity index (χ3v) is 3.73. The summed E-state index contributed by atoms with van der Waals surface area (Å²) in [5, 5.41) is 6.69. The molecule has 0 saturated heterocycles. The van der Waals surface area contributed by atoms with Gasteiger partial charge >= 0.3 is 0 Å². The molecule has 0 bridgehead atoms. The normalized spacial score (nSPS) is 10.5. The van der Waals surface area contributed by atoms with Crippen molar-refractivity contribution in [3.63, 3.8) is 0 Å². The van der Waals surface area contributed by atoms with Gasteiger partial charge < -0.3 is 14.6 Å². The quantitative estimate of drug-likeness (QED) is 0.565. The molecule has 4 rings (SSSR count). The summed E-state index contributed by atoms with van der Waals surface area (Å²) in [7, 11) is 0. The second-order valence-corrected chi connectivity index (χ2v) is 5.85. The molecule has 0 radical (unpaired) electrons. The number of anilines is 1. The lowest BCUT2D eigenvalue weighted by Gasteiger charge is -2.07. The zero-order chi connectivity index (χ0) is 19.3. The van der Waals surface area contributed by atoms with E-state index in [1.54, 1.807) is 42.9 Å². The van der Waals surface area contributed by atoms with Crippen LogP contribution in [0.15, 0.2) is 71.6 Å². The van der Waals surface area contributed by atoms with E-state index in [0.29, 0.717) is 34.6 Å². The zero-order valence-corrected chi connectivity index (χ0v) is 14.9. The predicted molar refractivity (Wildman–Crippen MR) is 102 cm³/mol. The molecular formula is C20H15N5O3. The van der Waals surface area contributed by atoms with Crippen LogP contribution in [0.1, 0.15) is 6.92 Å². The maximum atomic E-state index is 11.1. The Bertz CT molecular complexity index is 1080. The average Bonchev–Trinajstić information content (AvgIpc) is 3.21. The van der Waals surface area contributed by atoms with Crippen molar-refractivity contribution in [2.45, 2.75) is 6.92 Å². The molecule has 0 fully saturated rings. The molecule has 0 aliphatic carbocycles. The molecule has 2 aromatic heterocycles. The molecule has 0 unspecified atom stereocenters. The van der Waals surface area contributed by atoms with Gasteiger partial charge in [-0.2, -0.15) is 4.98 Å². The molecule has 0 aliphatic rings. The Labute approximate surface area is 160 Å². The summed E-state index contributed by atoms with van der Waals surface area (Å²) in [6, 6.07) is 14.4. The smallest absolute Gasteiger partial charge is 0.278 e. The van der Waals surface area contributed by atoms with Gasteiger partial charge in [0.25, 0.3) is 5.89 Å². The lowest BCUT2D eigenvalue weighted by Crippen LogP contribution is -2.05. The maximum absolute atomic E-state index is 11.1. The van der Waals surface area contributed by atoms with Crippen LogP contribution < -0.4 is 10.1 Å². The number of amides is 1. The highest BCUT2D eigenvalue weighted by Gasteiger charge is 2.12. The van der Waals surface area contributed by atoms with E-state index in [9.17, 15) is 4.79 Å². The number of nitrogens with one attached hydrogen (secondary N) is 1. The largest absolute Gasteiger partial charge is 0.457 e. The Balaban J connectivity index is 1.45. The SMILES string of the molecule is CC(=O)Nc1ccc(Oc2ccc(-c3noc(-c4cnccn4)n3)cc2)cc1. The van der Waals surface area contributed by atoms with E-state index in [4.69, 9.17) is 9.26 Å². The van der Waals surface area contributed by atoms with Crippen molar-refractivity contribution in [3.05, 3.63) is 67.1 Å². The Morgan fingerprint density at radius 1 is 1.00 bits per heavy atom. The van der Waals surface area contributed by atoms with Gasteiger partial charge in [-0.25, -0.2) is 4.98 Å². The van der Waals surface area contributed by atoms with Crippen LogP contribution in [0.2, 0.25) is 0 Å². The third-order valence-electron chi connectivity index (χ3n) is 3.73. The van der Waals surface area contributed by atoms with E-state index >= 15 is 0 Å². The molecule has 4 aromatic rings. The van der Waals surface area contributed by atoms with Gasteiger partial charge in [-0.1, -0.05) is 5.16 Å². The van der Waals surface area contributed by atoms with Gasteiger partial charge in [-0.15, -0.1) is 0 Å². The minimum Gasteiger partial charge on any atom is -0.457 e. The molecule has 2 aromatic carbocycles. The van der Waals surface area contributed by atoms with Crippen LogP contribution in [-0.2, 0) is 4.79 Å². The maximum Gasteiger partial charge on any atom is 0.278 e. The molecule has 0 atom stereocenters. The molecule has 1 amide bonds. The van der Waals surface area contributed by atoms with Crippen molar-refractivity contribution >= 4 is 11.6 Å². The molecule has 0 saturated carbocycles. The van der Waals surface area contributed by atoms with Crippen LogP contribution >= 0.6 is 0 Å². The number of hydrogen-bond donors (Lipinski definition) is 1. The van der Waals surface area contributed by atoms with Crippen molar-refractivity contribution < 1.29 is 14.1 Å². The fourth-order valence-electron chi connectivity index (χ4n) is 2.47. The number of benzene rings is 2. The van der Waals surface area contributed by atoms with E-state index in [-0.39, 0.29) is 5.91 Å². The average molecular weight is 373 g/mol. The van der Waals surface area contributed by atoms with Gasteiger partial charge in [-0.05, 0) is 48.5 Å². The Kier molecular flexibility index (Phi) is 4.75. The highest BCUT2D eigenvalue weighted by Crippen LogP contribution is 2.26. The van der Waals surface area contributed by atoms with E-state index in [1.807, 2.05) is 24.3 Å². The molecule has 28 heavy (non-hydrogen) atoms. The van der Waals surface area contributed by atoms with Gasteiger partial charge in [0.2, 0.25) is 11.7 Å². The summed E-state index contributed by atoms with van der Waals surface area (Å²) in [4.78, 5) is 23.5. The second-order valence-electron chi connectivity index (χ2n) is 5.85. The fraction of sp³-hybridized carbons (Fsp3) is 0.0500. The van der Waals surface area contributed by atoms with Crippen LogP contribution in [0.5, 0.6) is 11.5 Å². The lowest BCUT2D eigenvalue weighted by molar-refractivity contribution is -0.114. The second kappa shape index (κ2) is 7.67. The first-order chi connectivity index (χ1) is 13.7. The van der Waals surface area contributed by atoms with Crippen molar-refractivity contribution in [1.82, 2.24) is 20.1 Å². The highest BCUT2D eigenvalue weighted by atomic mass is 16.5. The van der Waals surface area contributed by atoms with Crippen molar-refractivity contribution in [3.8, 4) is 34.5 Å². The first kappa shape index (κ1) is 17.3. The summed E-state index contributed by atoms with van der Waals surface area (Å²) in [6.45, 7) is 1.46. The summed E-state index contributed by atoms with van der Waals surface area (Å²) >= 11 is 0. The van der Waals surface area contributed by atoms with Gasteiger partial charge in [0, 0.05) is 30.6 Å². The first-order valence-corrected chi connectivity index (χ1v) is 8.43. The number of ether oxygens (including phenoxy) is 1. The Hall–Kier alpha value is -4.07. The van der Waals surface area contributed by atoms with Crippen molar-refractivity contribution in [2.75, 3.05) is 5.32 Å².